The standard InChI is InChI=1S/C26H26N4O3S/c1-4-15-33-25(31)22-17(3)27-26(34)28-24(22)21-16-30(19-9-7-6-8-10-19)29-23(21)18-11-13-20(14-12-18)32-5-2/h4,6-14,16,24H,1,5,15H2,2-3H3,(H2,27,28,34). The van der Waals surface area contributed by atoms with E-state index in [0.29, 0.717) is 23.0 Å². The summed E-state index contributed by atoms with van der Waals surface area (Å²) in [7, 11) is 0. The van der Waals surface area contributed by atoms with E-state index in [0.717, 1.165) is 28.3 Å². The van der Waals surface area contributed by atoms with E-state index in [4.69, 9.17) is 26.8 Å². The molecule has 7 nitrogen and oxygen atoms in total. The van der Waals surface area contributed by atoms with Crippen LogP contribution in [0.15, 0.2) is 84.7 Å². The first-order valence-corrected chi connectivity index (χ1v) is 11.4. The third kappa shape index (κ3) is 4.87. The molecule has 0 spiro atoms. The van der Waals surface area contributed by atoms with E-state index in [9.17, 15) is 4.79 Å². The molecule has 0 fully saturated rings. The summed E-state index contributed by atoms with van der Waals surface area (Å²) >= 11 is 5.42. The Balaban J connectivity index is 1.85. The largest absolute Gasteiger partial charge is 0.494 e. The van der Waals surface area contributed by atoms with Crippen molar-refractivity contribution in [3.05, 3.63) is 90.3 Å². The SMILES string of the molecule is C=CCOC(=O)C1=C(C)NC(=S)NC1c1cn(-c2ccccc2)nc1-c1ccc(OCC)cc1. The summed E-state index contributed by atoms with van der Waals surface area (Å²) in [5, 5.41) is 11.6. The molecule has 2 heterocycles. The number of rotatable bonds is 8. The molecule has 0 radical (unpaired) electrons. The summed E-state index contributed by atoms with van der Waals surface area (Å²) in [6.45, 7) is 8.08. The summed E-state index contributed by atoms with van der Waals surface area (Å²) in [5.74, 6) is 0.330. The van der Waals surface area contributed by atoms with Crippen LogP contribution in [-0.2, 0) is 9.53 Å². The number of aromatic nitrogens is 2. The molecule has 4 rings (SSSR count). The van der Waals surface area contributed by atoms with Gasteiger partial charge >= 0.3 is 5.97 Å². The fraction of sp³-hybridized carbons (Fsp3) is 0.192. The quantitative estimate of drug-likeness (QED) is 0.284. The van der Waals surface area contributed by atoms with Crippen molar-refractivity contribution in [1.82, 2.24) is 20.4 Å². The predicted molar refractivity (Wildman–Crippen MR) is 136 cm³/mol. The highest BCUT2D eigenvalue weighted by Gasteiger charge is 2.34. The molecule has 0 saturated heterocycles. The lowest BCUT2D eigenvalue weighted by Crippen LogP contribution is -2.45. The van der Waals surface area contributed by atoms with Gasteiger partial charge in [-0.15, -0.1) is 0 Å². The minimum Gasteiger partial charge on any atom is -0.494 e. The zero-order valence-electron chi connectivity index (χ0n) is 19.1. The van der Waals surface area contributed by atoms with Crippen LogP contribution in [0.4, 0.5) is 0 Å². The number of allylic oxidation sites excluding steroid dienone is 1. The Labute approximate surface area is 204 Å². The summed E-state index contributed by atoms with van der Waals surface area (Å²) < 4.78 is 12.8. The molecular formula is C26H26N4O3S. The highest BCUT2D eigenvalue weighted by Crippen LogP contribution is 2.35. The Kier molecular flexibility index (Phi) is 7.08. The molecule has 34 heavy (non-hydrogen) atoms. The molecule has 2 aromatic carbocycles. The van der Waals surface area contributed by atoms with Crippen LogP contribution in [0.1, 0.15) is 25.5 Å². The molecule has 174 valence electrons. The van der Waals surface area contributed by atoms with Crippen LogP contribution in [-0.4, -0.2) is 34.1 Å². The Morgan fingerprint density at radius 3 is 2.62 bits per heavy atom. The summed E-state index contributed by atoms with van der Waals surface area (Å²) in [4.78, 5) is 13.0. The van der Waals surface area contributed by atoms with Crippen molar-refractivity contribution in [2.45, 2.75) is 19.9 Å². The van der Waals surface area contributed by atoms with Gasteiger partial charge in [-0.25, -0.2) is 9.48 Å². The van der Waals surface area contributed by atoms with Crippen LogP contribution in [0.5, 0.6) is 5.75 Å². The molecule has 0 amide bonds. The van der Waals surface area contributed by atoms with E-state index in [1.807, 2.05) is 74.6 Å². The van der Waals surface area contributed by atoms with E-state index in [2.05, 4.69) is 17.2 Å². The molecule has 0 bridgehead atoms. The van der Waals surface area contributed by atoms with Gasteiger partial charge in [0.2, 0.25) is 0 Å². The molecule has 8 heteroatoms. The number of nitrogens with zero attached hydrogens (tertiary/aromatic N) is 2. The van der Waals surface area contributed by atoms with Gasteiger partial charge in [0.1, 0.15) is 12.4 Å². The Morgan fingerprint density at radius 1 is 1.21 bits per heavy atom. The van der Waals surface area contributed by atoms with Crippen LogP contribution in [0.2, 0.25) is 0 Å². The van der Waals surface area contributed by atoms with Crippen molar-refractivity contribution in [2.24, 2.45) is 0 Å². The van der Waals surface area contributed by atoms with E-state index in [1.54, 1.807) is 4.68 Å². The summed E-state index contributed by atoms with van der Waals surface area (Å²) in [6, 6.07) is 17.0. The van der Waals surface area contributed by atoms with E-state index >= 15 is 0 Å². The second-order valence-electron chi connectivity index (χ2n) is 7.63. The maximum atomic E-state index is 13.0. The van der Waals surface area contributed by atoms with Crippen molar-refractivity contribution in [1.29, 1.82) is 0 Å². The minimum atomic E-state index is -0.551. The molecule has 3 aromatic rings. The monoisotopic (exact) mass is 474 g/mol. The van der Waals surface area contributed by atoms with Crippen molar-refractivity contribution in [2.75, 3.05) is 13.2 Å². The normalized spacial score (nSPS) is 15.4. The zero-order chi connectivity index (χ0) is 24.1. The van der Waals surface area contributed by atoms with Gasteiger partial charge in [0.15, 0.2) is 5.11 Å². The van der Waals surface area contributed by atoms with Gasteiger partial charge in [0.05, 0.1) is 29.6 Å². The average Bonchev–Trinajstić information content (AvgIpc) is 3.29. The van der Waals surface area contributed by atoms with Gasteiger partial charge in [0, 0.05) is 23.0 Å². The summed E-state index contributed by atoms with van der Waals surface area (Å²) in [6.07, 6.45) is 3.46. The maximum absolute atomic E-state index is 13.0. The topological polar surface area (TPSA) is 77.4 Å². The lowest BCUT2D eigenvalue weighted by atomic mass is 9.94. The van der Waals surface area contributed by atoms with Gasteiger partial charge in [-0.05, 0) is 62.5 Å². The van der Waals surface area contributed by atoms with Gasteiger partial charge in [0.25, 0.3) is 0 Å². The molecule has 1 unspecified atom stereocenters. The number of hydrogen-bond acceptors (Lipinski definition) is 5. The number of carbonyl (C=O) groups is 1. The third-order valence-corrected chi connectivity index (χ3v) is 5.55. The Hall–Kier alpha value is -3.91. The van der Waals surface area contributed by atoms with Gasteiger partial charge in [-0.2, -0.15) is 5.10 Å². The van der Waals surface area contributed by atoms with E-state index in [1.165, 1.54) is 6.08 Å². The lowest BCUT2D eigenvalue weighted by molar-refractivity contribution is -0.138. The number of nitrogens with one attached hydrogen (secondary N) is 2. The minimum absolute atomic E-state index is 0.113. The van der Waals surface area contributed by atoms with Crippen LogP contribution in [0.3, 0.4) is 0 Å². The fourth-order valence-electron chi connectivity index (χ4n) is 3.82. The maximum Gasteiger partial charge on any atom is 0.338 e. The molecule has 1 aliphatic rings. The van der Waals surface area contributed by atoms with Crippen LogP contribution >= 0.6 is 12.2 Å². The predicted octanol–water partition coefficient (Wildman–Crippen LogP) is 4.46. The van der Waals surface area contributed by atoms with Crippen LogP contribution < -0.4 is 15.4 Å². The first kappa shape index (κ1) is 23.3. The zero-order valence-corrected chi connectivity index (χ0v) is 19.9. The van der Waals surface area contributed by atoms with Crippen molar-refractivity contribution in [3.8, 4) is 22.7 Å². The number of benzene rings is 2. The van der Waals surface area contributed by atoms with Crippen molar-refractivity contribution >= 4 is 23.3 Å². The highest BCUT2D eigenvalue weighted by atomic mass is 32.1. The molecule has 0 aliphatic carbocycles. The fourth-order valence-corrected chi connectivity index (χ4v) is 4.09. The second-order valence-corrected chi connectivity index (χ2v) is 8.04. The third-order valence-electron chi connectivity index (χ3n) is 5.33. The number of ether oxygens (including phenoxy) is 2. The van der Waals surface area contributed by atoms with Crippen molar-refractivity contribution in [3.63, 3.8) is 0 Å². The van der Waals surface area contributed by atoms with Gasteiger partial charge in [-0.3, -0.25) is 0 Å². The smallest absolute Gasteiger partial charge is 0.338 e. The highest BCUT2D eigenvalue weighted by molar-refractivity contribution is 7.80. The van der Waals surface area contributed by atoms with Gasteiger partial charge < -0.3 is 20.1 Å². The molecule has 0 saturated carbocycles. The first-order valence-electron chi connectivity index (χ1n) is 11.0. The molecule has 1 aromatic heterocycles. The second kappa shape index (κ2) is 10.4. The van der Waals surface area contributed by atoms with Crippen molar-refractivity contribution < 1.29 is 14.3 Å². The molecule has 1 atom stereocenters. The number of thiocarbonyl (C=S) groups is 1. The first-order chi connectivity index (χ1) is 16.5. The van der Waals surface area contributed by atoms with Crippen LogP contribution in [0, 0.1) is 0 Å². The lowest BCUT2D eigenvalue weighted by Gasteiger charge is -2.29. The van der Waals surface area contributed by atoms with Gasteiger partial charge in [-0.1, -0.05) is 30.9 Å². The molecule has 2 N–H and O–H groups in total. The Bertz CT molecular complexity index is 1230. The number of hydrogen-bond donors (Lipinski definition) is 2. The number of para-hydroxylation sites is 1. The Morgan fingerprint density at radius 2 is 1.94 bits per heavy atom. The summed E-state index contributed by atoms with van der Waals surface area (Å²) in [5.41, 5.74) is 4.37. The van der Waals surface area contributed by atoms with Crippen LogP contribution in [0.25, 0.3) is 16.9 Å². The van der Waals surface area contributed by atoms with E-state index < -0.39 is 12.0 Å². The number of esters is 1. The van der Waals surface area contributed by atoms with E-state index in [-0.39, 0.29) is 6.61 Å². The number of carbonyl (C=O) groups excluding carboxylic acids is 1. The molecular weight excluding hydrogens is 448 g/mol. The molecule has 1 aliphatic heterocycles. The average molecular weight is 475 g/mol.